The van der Waals surface area contributed by atoms with Gasteiger partial charge < -0.3 is 10.4 Å². The number of β-amino-alcohol motifs (C(OH)–C–C–N with tert-alkyl or cyclic N) is 1. The summed E-state index contributed by atoms with van der Waals surface area (Å²) in [6, 6.07) is 21.5. The maximum atomic E-state index is 13.1. The van der Waals surface area contributed by atoms with Crippen LogP contribution in [0.2, 0.25) is 0 Å². The fourth-order valence-electron chi connectivity index (χ4n) is 4.60. The molecule has 3 aromatic carbocycles. The van der Waals surface area contributed by atoms with Crippen LogP contribution in [-0.2, 0) is 6.54 Å². The Hall–Kier alpha value is -3.52. The number of aromatic nitrogens is 2. The van der Waals surface area contributed by atoms with Gasteiger partial charge in [0.15, 0.2) is 4.96 Å². The number of hydrogen-bond acceptors (Lipinski definition) is 5. The van der Waals surface area contributed by atoms with Gasteiger partial charge in [-0.25, -0.2) is 4.98 Å². The Bertz CT molecular complexity index is 1510. The molecule has 2 aromatic heterocycles. The van der Waals surface area contributed by atoms with Gasteiger partial charge in [0, 0.05) is 48.0 Å². The number of aliphatic hydroxyl groups is 1. The number of carbonyl (C=O) groups is 1. The summed E-state index contributed by atoms with van der Waals surface area (Å²) in [5.74, 6) is -0.146. The van der Waals surface area contributed by atoms with Crippen molar-refractivity contribution < 1.29 is 9.90 Å². The van der Waals surface area contributed by atoms with Crippen molar-refractivity contribution in [3.05, 3.63) is 89.6 Å². The molecule has 0 saturated carbocycles. The summed E-state index contributed by atoms with van der Waals surface area (Å²) in [4.78, 5) is 21.1. The molecule has 0 bridgehead atoms. The molecule has 170 valence electrons. The van der Waals surface area contributed by atoms with E-state index in [9.17, 15) is 9.90 Å². The second kappa shape index (κ2) is 8.68. The number of para-hydroxylation sites is 1. The van der Waals surface area contributed by atoms with Crippen LogP contribution in [0.3, 0.4) is 0 Å². The standard InChI is InChI=1S/C27H24N4O2S/c32-22-11-12-30(15-22)14-21-17-34-27-29-25(16-31(21)27)23-7-3-4-8-24(23)28-26(33)20-10-9-18-5-1-2-6-19(18)13-20/h1-10,13,16-17,22,32H,11-12,14-15H2,(H,28,33)/t22-/m0/s1. The number of benzene rings is 3. The first-order chi connectivity index (χ1) is 16.6. The van der Waals surface area contributed by atoms with Crippen LogP contribution in [-0.4, -0.2) is 44.5 Å². The van der Waals surface area contributed by atoms with Crippen molar-refractivity contribution in [3.8, 4) is 11.3 Å². The molecule has 6 nitrogen and oxygen atoms in total. The molecular weight excluding hydrogens is 444 g/mol. The van der Waals surface area contributed by atoms with Gasteiger partial charge in [0.25, 0.3) is 5.91 Å². The first-order valence-electron chi connectivity index (χ1n) is 11.4. The SMILES string of the molecule is O=C(Nc1ccccc1-c1cn2c(CN3CC[C@H](O)C3)csc2n1)c1ccc2ccccc2c1. The second-order valence-electron chi connectivity index (χ2n) is 8.75. The number of nitrogens with one attached hydrogen (secondary N) is 1. The van der Waals surface area contributed by atoms with Crippen molar-refractivity contribution in [2.24, 2.45) is 0 Å². The molecule has 0 unspecified atom stereocenters. The highest BCUT2D eigenvalue weighted by Gasteiger charge is 2.22. The Kier molecular flexibility index (Phi) is 5.37. The van der Waals surface area contributed by atoms with Crippen LogP contribution in [0.25, 0.3) is 27.0 Å². The molecule has 7 heteroatoms. The molecule has 1 saturated heterocycles. The Morgan fingerprint density at radius 1 is 1.09 bits per heavy atom. The highest BCUT2D eigenvalue weighted by atomic mass is 32.1. The van der Waals surface area contributed by atoms with Crippen molar-refractivity contribution in [1.82, 2.24) is 14.3 Å². The van der Waals surface area contributed by atoms with E-state index in [0.29, 0.717) is 12.1 Å². The van der Waals surface area contributed by atoms with Crippen molar-refractivity contribution in [1.29, 1.82) is 0 Å². The predicted octanol–water partition coefficient (Wildman–Crippen LogP) is 5.03. The Morgan fingerprint density at radius 2 is 1.91 bits per heavy atom. The van der Waals surface area contributed by atoms with Crippen molar-refractivity contribution in [2.75, 3.05) is 18.4 Å². The lowest BCUT2D eigenvalue weighted by Gasteiger charge is -2.13. The number of carbonyl (C=O) groups excluding carboxylic acids is 1. The molecular formula is C27H24N4O2S. The number of amides is 1. The largest absolute Gasteiger partial charge is 0.392 e. The van der Waals surface area contributed by atoms with E-state index in [1.807, 2.05) is 72.9 Å². The molecule has 0 radical (unpaired) electrons. The zero-order chi connectivity index (χ0) is 23.1. The molecule has 1 amide bonds. The van der Waals surface area contributed by atoms with E-state index in [4.69, 9.17) is 4.98 Å². The highest BCUT2D eigenvalue weighted by Crippen LogP contribution is 2.30. The number of nitrogens with zero attached hydrogens (tertiary/aromatic N) is 3. The molecule has 3 heterocycles. The van der Waals surface area contributed by atoms with E-state index < -0.39 is 0 Å². The van der Waals surface area contributed by atoms with Crippen LogP contribution < -0.4 is 5.32 Å². The number of imidazole rings is 1. The van der Waals surface area contributed by atoms with Crippen LogP contribution in [0.1, 0.15) is 22.5 Å². The number of hydrogen-bond donors (Lipinski definition) is 2. The summed E-state index contributed by atoms with van der Waals surface area (Å²) < 4.78 is 2.12. The monoisotopic (exact) mass is 468 g/mol. The molecule has 34 heavy (non-hydrogen) atoms. The molecule has 2 N–H and O–H groups in total. The minimum Gasteiger partial charge on any atom is -0.392 e. The Morgan fingerprint density at radius 3 is 2.76 bits per heavy atom. The lowest BCUT2D eigenvalue weighted by Crippen LogP contribution is -2.22. The number of aliphatic hydroxyl groups excluding tert-OH is 1. The summed E-state index contributed by atoms with van der Waals surface area (Å²) >= 11 is 1.61. The van der Waals surface area contributed by atoms with Gasteiger partial charge in [-0.05, 0) is 35.4 Å². The van der Waals surface area contributed by atoms with Gasteiger partial charge in [-0.3, -0.25) is 14.1 Å². The molecule has 1 fully saturated rings. The summed E-state index contributed by atoms with van der Waals surface area (Å²) in [5.41, 5.74) is 4.22. The van der Waals surface area contributed by atoms with E-state index in [0.717, 1.165) is 57.9 Å². The smallest absolute Gasteiger partial charge is 0.255 e. The third-order valence-corrected chi connectivity index (χ3v) is 7.27. The van der Waals surface area contributed by atoms with Crippen molar-refractivity contribution in [2.45, 2.75) is 19.1 Å². The van der Waals surface area contributed by atoms with E-state index in [1.54, 1.807) is 11.3 Å². The van der Waals surface area contributed by atoms with E-state index in [2.05, 4.69) is 20.0 Å². The summed E-state index contributed by atoms with van der Waals surface area (Å²) in [6.07, 6.45) is 2.63. The van der Waals surface area contributed by atoms with Crippen molar-refractivity contribution >= 4 is 38.7 Å². The number of thiazole rings is 1. The average Bonchev–Trinajstić information content (AvgIpc) is 3.56. The van der Waals surface area contributed by atoms with Crippen LogP contribution in [0, 0.1) is 0 Å². The number of fused-ring (bicyclic) bond motifs is 2. The normalized spacial score (nSPS) is 16.4. The van der Waals surface area contributed by atoms with Gasteiger partial charge in [0.1, 0.15) is 0 Å². The fourth-order valence-corrected chi connectivity index (χ4v) is 5.46. The molecule has 5 aromatic rings. The first-order valence-corrected chi connectivity index (χ1v) is 12.3. The zero-order valence-corrected chi connectivity index (χ0v) is 19.3. The average molecular weight is 469 g/mol. The number of rotatable bonds is 5. The molecule has 6 rings (SSSR count). The van der Waals surface area contributed by atoms with Gasteiger partial charge in [-0.1, -0.05) is 48.5 Å². The molecule has 1 aliphatic rings. The summed E-state index contributed by atoms with van der Waals surface area (Å²) in [6.45, 7) is 2.40. The highest BCUT2D eigenvalue weighted by molar-refractivity contribution is 7.15. The predicted molar refractivity (Wildman–Crippen MR) is 136 cm³/mol. The maximum Gasteiger partial charge on any atom is 0.255 e. The molecule has 0 aliphatic carbocycles. The van der Waals surface area contributed by atoms with E-state index in [1.165, 1.54) is 0 Å². The number of likely N-dealkylation sites (tertiary alicyclic amines) is 1. The molecule has 1 aliphatic heterocycles. The quantitative estimate of drug-likeness (QED) is 0.379. The first kappa shape index (κ1) is 21.0. The lowest BCUT2D eigenvalue weighted by molar-refractivity contribution is 0.102. The van der Waals surface area contributed by atoms with Crippen LogP contribution >= 0.6 is 11.3 Å². The topological polar surface area (TPSA) is 69.9 Å². The van der Waals surface area contributed by atoms with Gasteiger partial charge in [-0.15, -0.1) is 11.3 Å². The zero-order valence-electron chi connectivity index (χ0n) is 18.5. The maximum absolute atomic E-state index is 13.1. The van der Waals surface area contributed by atoms with E-state index >= 15 is 0 Å². The second-order valence-corrected chi connectivity index (χ2v) is 9.58. The Labute approximate surface area is 201 Å². The fraction of sp³-hybridized carbons (Fsp3) is 0.185. The summed E-state index contributed by atoms with van der Waals surface area (Å²) in [5, 5.41) is 17.2. The number of anilines is 1. The third-order valence-electron chi connectivity index (χ3n) is 6.38. The summed E-state index contributed by atoms with van der Waals surface area (Å²) in [7, 11) is 0. The lowest BCUT2D eigenvalue weighted by atomic mass is 10.1. The van der Waals surface area contributed by atoms with Gasteiger partial charge >= 0.3 is 0 Å². The minimum absolute atomic E-state index is 0.146. The van der Waals surface area contributed by atoms with E-state index in [-0.39, 0.29) is 12.0 Å². The van der Waals surface area contributed by atoms with Gasteiger partial charge in [0.2, 0.25) is 0 Å². The minimum atomic E-state index is -0.231. The van der Waals surface area contributed by atoms with Crippen LogP contribution in [0.4, 0.5) is 5.69 Å². The van der Waals surface area contributed by atoms with Crippen LogP contribution in [0.15, 0.2) is 78.3 Å². The van der Waals surface area contributed by atoms with Gasteiger partial charge in [-0.2, -0.15) is 0 Å². The van der Waals surface area contributed by atoms with Crippen LogP contribution in [0.5, 0.6) is 0 Å². The molecule has 0 spiro atoms. The Balaban J connectivity index is 1.28. The van der Waals surface area contributed by atoms with Crippen molar-refractivity contribution in [3.63, 3.8) is 0 Å². The molecule has 1 atom stereocenters. The third kappa shape index (κ3) is 3.98. The van der Waals surface area contributed by atoms with Gasteiger partial charge in [0.05, 0.1) is 17.5 Å².